The number of rotatable bonds is 6. The van der Waals surface area contributed by atoms with Crippen molar-refractivity contribution in [3.05, 3.63) is 75.2 Å². The van der Waals surface area contributed by atoms with Gasteiger partial charge in [-0.15, -0.1) is 11.3 Å². The molecule has 0 unspecified atom stereocenters. The van der Waals surface area contributed by atoms with Gasteiger partial charge >= 0.3 is 5.97 Å². The van der Waals surface area contributed by atoms with E-state index in [0.29, 0.717) is 18.1 Å². The third-order valence-electron chi connectivity index (χ3n) is 4.27. The molecule has 2 N–H and O–H groups in total. The number of benzene rings is 2. The number of hydrogen-bond acceptors (Lipinski definition) is 5. The minimum absolute atomic E-state index is 0.366. The number of halogens is 1. The number of anilines is 1. The van der Waals surface area contributed by atoms with E-state index in [4.69, 9.17) is 0 Å². The summed E-state index contributed by atoms with van der Waals surface area (Å²) in [5.74, 6) is 0.219. The molecule has 28 heavy (non-hydrogen) atoms. The van der Waals surface area contributed by atoms with Crippen LogP contribution in [0.15, 0.2) is 66.7 Å². The zero-order chi connectivity index (χ0) is 19.5. The van der Waals surface area contributed by atoms with Crippen molar-refractivity contribution in [3.63, 3.8) is 0 Å². The number of aliphatic carboxylic acids is 1. The average molecular weight is 501 g/mol. The lowest BCUT2D eigenvalue weighted by Crippen LogP contribution is -2.32. The van der Waals surface area contributed by atoms with Gasteiger partial charge < -0.3 is 10.4 Å². The fourth-order valence-corrected chi connectivity index (χ4v) is 4.66. The number of aromatic nitrogens is 2. The number of carbonyl (C=O) groups is 1. The van der Waals surface area contributed by atoms with Gasteiger partial charge in [0.25, 0.3) is 0 Å². The van der Waals surface area contributed by atoms with Crippen molar-refractivity contribution in [2.75, 3.05) is 5.32 Å². The quantitative estimate of drug-likeness (QED) is 0.361. The van der Waals surface area contributed by atoms with Crippen LogP contribution in [0.25, 0.3) is 21.6 Å². The first-order valence-electron chi connectivity index (χ1n) is 8.66. The molecule has 4 rings (SSSR count). The van der Waals surface area contributed by atoms with Gasteiger partial charge in [-0.1, -0.05) is 60.7 Å². The third kappa shape index (κ3) is 4.15. The Morgan fingerprint density at radius 3 is 2.43 bits per heavy atom. The molecule has 0 saturated carbocycles. The van der Waals surface area contributed by atoms with E-state index in [2.05, 4.69) is 37.9 Å². The molecule has 4 aromatic rings. The molecule has 0 radical (unpaired) electrons. The van der Waals surface area contributed by atoms with E-state index in [-0.39, 0.29) is 0 Å². The van der Waals surface area contributed by atoms with Gasteiger partial charge in [0.2, 0.25) is 0 Å². The summed E-state index contributed by atoms with van der Waals surface area (Å²) in [5, 5.41) is 12.9. The van der Waals surface area contributed by atoms with Gasteiger partial charge in [0, 0.05) is 12.0 Å². The smallest absolute Gasteiger partial charge is 0.326 e. The van der Waals surface area contributed by atoms with E-state index in [9.17, 15) is 9.90 Å². The van der Waals surface area contributed by atoms with Gasteiger partial charge in [-0.05, 0) is 34.2 Å². The van der Waals surface area contributed by atoms with Crippen LogP contribution in [-0.4, -0.2) is 27.1 Å². The van der Waals surface area contributed by atoms with Gasteiger partial charge in [0.05, 0.1) is 13.1 Å². The second-order valence-corrected chi connectivity index (χ2v) is 9.20. The van der Waals surface area contributed by atoms with E-state index in [0.717, 1.165) is 24.2 Å². The van der Waals surface area contributed by atoms with Crippen LogP contribution in [0.1, 0.15) is 5.56 Å². The molecule has 0 aliphatic carbocycles. The number of fused-ring (bicyclic) bond motifs is 1. The Bertz CT molecular complexity index is 1120. The molecule has 2 heterocycles. The summed E-state index contributed by atoms with van der Waals surface area (Å²) in [4.78, 5) is 21.2. The minimum atomic E-state index is -0.914. The predicted molar refractivity (Wildman–Crippen MR) is 121 cm³/mol. The number of nitrogens with zero attached hydrogens (tertiary/aromatic N) is 2. The van der Waals surface area contributed by atoms with Crippen molar-refractivity contribution in [1.82, 2.24) is 9.97 Å². The first kappa shape index (κ1) is 18.8. The Balaban J connectivity index is 1.74. The molecule has 0 bridgehead atoms. The largest absolute Gasteiger partial charge is 0.480 e. The van der Waals surface area contributed by atoms with Crippen molar-refractivity contribution in [1.29, 1.82) is 0 Å². The number of carboxylic acid groups (broad SMARTS) is 1. The van der Waals surface area contributed by atoms with Gasteiger partial charge in [0.15, 0.2) is 5.82 Å². The Morgan fingerprint density at radius 1 is 1.07 bits per heavy atom. The molecule has 0 aliphatic heterocycles. The lowest BCUT2D eigenvalue weighted by molar-refractivity contribution is -0.137. The maximum Gasteiger partial charge on any atom is 0.326 e. The van der Waals surface area contributed by atoms with Crippen LogP contribution in [0, 0.1) is 2.88 Å². The fraction of sp³-hybridized carbons (Fsp3) is 0.0952. The highest BCUT2D eigenvalue weighted by atomic mass is 127. The standard InChI is InChI=1S/C21H16IN3O2S/c22-17-12-15-18(28-17)20(25-19(23-15)14-9-5-2-6-10-14)24-16(21(26)27)11-13-7-3-1-4-8-13/h1-10,12,16H,11H2,(H,26,27)(H,23,24,25)/t16-/m0/s1. The lowest BCUT2D eigenvalue weighted by atomic mass is 10.1. The lowest BCUT2D eigenvalue weighted by Gasteiger charge is -2.16. The number of thiophene rings is 1. The average Bonchev–Trinajstić information content (AvgIpc) is 3.09. The van der Waals surface area contributed by atoms with E-state index >= 15 is 0 Å². The summed E-state index contributed by atoms with van der Waals surface area (Å²) >= 11 is 3.80. The highest BCUT2D eigenvalue weighted by molar-refractivity contribution is 14.1. The molecule has 5 nitrogen and oxygen atoms in total. The number of carboxylic acids is 1. The molecule has 0 amide bonds. The summed E-state index contributed by atoms with van der Waals surface area (Å²) in [6, 6.07) is 20.5. The molecule has 7 heteroatoms. The molecule has 2 aromatic carbocycles. The van der Waals surface area contributed by atoms with Crippen LogP contribution in [0.3, 0.4) is 0 Å². The Morgan fingerprint density at radius 2 is 1.75 bits per heavy atom. The minimum Gasteiger partial charge on any atom is -0.480 e. The fourth-order valence-electron chi connectivity index (χ4n) is 2.93. The molecule has 1 atom stereocenters. The predicted octanol–water partition coefficient (Wildman–Crippen LogP) is 5.07. The zero-order valence-electron chi connectivity index (χ0n) is 14.7. The summed E-state index contributed by atoms with van der Waals surface area (Å²) in [6.07, 6.45) is 0.366. The van der Waals surface area contributed by atoms with E-state index in [1.54, 1.807) is 11.3 Å². The molecule has 0 saturated heterocycles. The van der Waals surface area contributed by atoms with Gasteiger partial charge in [0.1, 0.15) is 11.9 Å². The first-order chi connectivity index (χ1) is 13.6. The Labute approximate surface area is 179 Å². The summed E-state index contributed by atoms with van der Waals surface area (Å²) in [5.41, 5.74) is 2.66. The second-order valence-electron chi connectivity index (χ2n) is 6.25. The Kier molecular flexibility index (Phi) is 5.54. The van der Waals surface area contributed by atoms with Gasteiger partial charge in [-0.25, -0.2) is 14.8 Å². The van der Waals surface area contributed by atoms with Crippen molar-refractivity contribution < 1.29 is 9.90 Å². The normalized spacial score (nSPS) is 12.0. The van der Waals surface area contributed by atoms with E-state index in [1.165, 1.54) is 0 Å². The van der Waals surface area contributed by atoms with Crippen LogP contribution < -0.4 is 5.32 Å². The second kappa shape index (κ2) is 8.24. The number of hydrogen-bond donors (Lipinski definition) is 2. The summed E-state index contributed by atoms with van der Waals surface area (Å²) in [7, 11) is 0. The summed E-state index contributed by atoms with van der Waals surface area (Å²) < 4.78 is 1.94. The molecular weight excluding hydrogens is 485 g/mol. The first-order valence-corrected chi connectivity index (χ1v) is 10.6. The van der Waals surface area contributed by atoms with Crippen LogP contribution in [0.4, 0.5) is 5.82 Å². The van der Waals surface area contributed by atoms with Crippen molar-refractivity contribution >= 4 is 55.9 Å². The van der Waals surface area contributed by atoms with Crippen molar-refractivity contribution in [2.45, 2.75) is 12.5 Å². The maximum atomic E-state index is 11.9. The molecule has 0 spiro atoms. The van der Waals surface area contributed by atoms with Gasteiger partial charge in [-0.3, -0.25) is 0 Å². The molecule has 140 valence electrons. The molecule has 0 aliphatic rings. The third-order valence-corrected chi connectivity index (χ3v) is 6.16. The monoisotopic (exact) mass is 501 g/mol. The zero-order valence-corrected chi connectivity index (χ0v) is 17.6. The molecule has 2 aromatic heterocycles. The highest BCUT2D eigenvalue weighted by Gasteiger charge is 2.21. The van der Waals surface area contributed by atoms with Crippen LogP contribution in [0.2, 0.25) is 0 Å². The van der Waals surface area contributed by atoms with Crippen LogP contribution >= 0.6 is 33.9 Å². The van der Waals surface area contributed by atoms with Gasteiger partial charge in [-0.2, -0.15) is 0 Å². The summed E-state index contributed by atoms with van der Waals surface area (Å²) in [6.45, 7) is 0. The maximum absolute atomic E-state index is 11.9. The van der Waals surface area contributed by atoms with Crippen molar-refractivity contribution in [2.24, 2.45) is 0 Å². The van der Waals surface area contributed by atoms with Crippen LogP contribution in [-0.2, 0) is 11.2 Å². The SMILES string of the molecule is O=C(O)[C@H](Cc1ccccc1)Nc1nc(-c2ccccc2)nc2cc(I)sc12. The Hall–Kier alpha value is -2.52. The van der Waals surface area contributed by atoms with E-state index in [1.807, 2.05) is 66.7 Å². The molecular formula is C21H16IN3O2S. The van der Waals surface area contributed by atoms with E-state index < -0.39 is 12.0 Å². The highest BCUT2D eigenvalue weighted by Crippen LogP contribution is 2.33. The van der Waals surface area contributed by atoms with Crippen molar-refractivity contribution in [3.8, 4) is 11.4 Å². The van der Waals surface area contributed by atoms with Crippen LogP contribution in [0.5, 0.6) is 0 Å². The molecule has 0 fully saturated rings. The number of nitrogens with one attached hydrogen (secondary N) is 1. The topological polar surface area (TPSA) is 75.1 Å².